The Morgan fingerprint density at radius 2 is 1.53 bits per heavy atom. The molecule has 0 aliphatic rings. The van der Waals surface area contributed by atoms with Crippen molar-refractivity contribution in [3.05, 3.63) is 54.6 Å². The Morgan fingerprint density at radius 1 is 0.895 bits per heavy atom. The zero-order chi connectivity index (χ0) is 12.6. The maximum atomic E-state index is 12.4. The van der Waals surface area contributed by atoms with E-state index < -0.39 is 10.0 Å². The Hall–Kier alpha value is -1.52. The van der Waals surface area contributed by atoms with Crippen LogP contribution < -0.4 is 0 Å². The molecule has 0 aliphatic heterocycles. The zero-order valence-corrected chi connectivity index (χ0v) is 12.7. The smallest absolute Gasteiger partial charge is 0.199 e. The fourth-order valence-corrected chi connectivity index (χ4v) is 2.96. The Balaban J connectivity index is 0.00000133. The predicted octanol–water partition coefficient (Wildman–Crippen LogP) is 1.67. The van der Waals surface area contributed by atoms with Gasteiger partial charge in [-0.3, -0.25) is 0 Å². The molecule has 0 fully saturated rings. The molecule has 0 saturated carbocycles. The number of hydrogen-bond donors (Lipinski definition) is 0. The first-order valence-electron chi connectivity index (χ1n) is 5.31. The summed E-state index contributed by atoms with van der Waals surface area (Å²) in [5.41, 5.74) is 1.03. The molecule has 0 unspecified atom stereocenters. The molecule has 0 N–H and O–H groups in total. The van der Waals surface area contributed by atoms with E-state index in [9.17, 15) is 8.42 Å². The van der Waals surface area contributed by atoms with Crippen molar-refractivity contribution >= 4 is 21.1 Å². The molecule has 3 aromatic rings. The second kappa shape index (κ2) is 5.23. The number of para-hydroxylation sites is 1. The summed E-state index contributed by atoms with van der Waals surface area (Å²) in [5.74, 6) is 0. The molecule has 0 saturated heterocycles. The molecule has 5 nitrogen and oxygen atoms in total. The van der Waals surface area contributed by atoms with Crippen LogP contribution in [0.25, 0.3) is 11.0 Å². The standard InChI is InChI=1S/C12H9N3O2S.Pt/c16-18(17,10-6-2-1-3-7-10)15-12-9-5-4-8-11(12)13-14-15;/h1-9H;. The minimum absolute atomic E-state index is 0. The third kappa shape index (κ3) is 2.33. The normalized spacial score (nSPS) is 11.2. The molecule has 0 radical (unpaired) electrons. The van der Waals surface area contributed by atoms with Crippen LogP contribution in [0.5, 0.6) is 0 Å². The van der Waals surface area contributed by atoms with E-state index in [1.807, 2.05) is 0 Å². The van der Waals surface area contributed by atoms with E-state index in [0.29, 0.717) is 11.0 Å². The fraction of sp³-hybridized carbons (Fsp3) is 0. The molecule has 1 heterocycles. The molecule has 0 aliphatic carbocycles. The molecule has 3 rings (SSSR count). The monoisotopic (exact) mass is 454 g/mol. The molecule has 7 heteroatoms. The molecule has 100 valence electrons. The Bertz CT molecular complexity index is 800. The molecule has 1 aromatic heterocycles. The van der Waals surface area contributed by atoms with E-state index in [0.717, 1.165) is 4.09 Å². The van der Waals surface area contributed by atoms with Gasteiger partial charge in [0.2, 0.25) is 0 Å². The van der Waals surface area contributed by atoms with Crippen LogP contribution in [0.2, 0.25) is 0 Å². The third-order valence-electron chi connectivity index (χ3n) is 2.59. The van der Waals surface area contributed by atoms with Gasteiger partial charge in [-0.2, -0.15) is 8.42 Å². The van der Waals surface area contributed by atoms with Gasteiger partial charge in [0.1, 0.15) is 11.0 Å². The Morgan fingerprint density at radius 3 is 2.26 bits per heavy atom. The number of fused-ring (bicyclic) bond motifs is 1. The number of hydrogen-bond acceptors (Lipinski definition) is 4. The van der Waals surface area contributed by atoms with Gasteiger partial charge in [-0.15, -0.1) is 9.19 Å². The van der Waals surface area contributed by atoms with Crippen molar-refractivity contribution in [3.63, 3.8) is 0 Å². The first kappa shape index (κ1) is 13.9. The van der Waals surface area contributed by atoms with E-state index in [4.69, 9.17) is 0 Å². The summed E-state index contributed by atoms with van der Waals surface area (Å²) in [5, 5.41) is 7.57. The van der Waals surface area contributed by atoms with Crippen LogP contribution in [-0.2, 0) is 31.1 Å². The first-order chi connectivity index (χ1) is 8.69. The van der Waals surface area contributed by atoms with E-state index in [1.165, 1.54) is 12.1 Å². The summed E-state index contributed by atoms with van der Waals surface area (Å²) < 4.78 is 25.7. The first-order valence-corrected chi connectivity index (χ1v) is 6.75. The van der Waals surface area contributed by atoms with Gasteiger partial charge in [0, 0.05) is 21.1 Å². The van der Waals surface area contributed by atoms with Gasteiger partial charge in [-0.1, -0.05) is 35.5 Å². The number of rotatable bonds is 2. The molecule has 0 amide bonds. The van der Waals surface area contributed by atoms with E-state index in [1.54, 1.807) is 42.5 Å². The van der Waals surface area contributed by atoms with Gasteiger partial charge in [0.15, 0.2) is 0 Å². The van der Waals surface area contributed by atoms with Crippen LogP contribution in [0.15, 0.2) is 59.5 Å². The van der Waals surface area contributed by atoms with E-state index >= 15 is 0 Å². The Labute approximate surface area is 124 Å². The quantitative estimate of drug-likeness (QED) is 0.591. The summed E-state index contributed by atoms with van der Waals surface area (Å²) in [6.07, 6.45) is 0. The maximum absolute atomic E-state index is 12.4. The molecule has 0 bridgehead atoms. The van der Waals surface area contributed by atoms with Crippen molar-refractivity contribution < 1.29 is 29.5 Å². The van der Waals surface area contributed by atoms with Gasteiger partial charge < -0.3 is 0 Å². The average molecular weight is 454 g/mol. The second-order valence-corrected chi connectivity index (χ2v) is 5.51. The molecular formula is C12H9N3O2PtS. The van der Waals surface area contributed by atoms with Gasteiger partial charge in [0.25, 0.3) is 10.0 Å². The molecule has 0 spiro atoms. The second-order valence-electron chi connectivity index (χ2n) is 3.74. The van der Waals surface area contributed by atoms with Crippen molar-refractivity contribution in [1.29, 1.82) is 0 Å². The van der Waals surface area contributed by atoms with Crippen LogP contribution >= 0.6 is 0 Å². The van der Waals surface area contributed by atoms with Crippen LogP contribution in [-0.4, -0.2) is 22.8 Å². The van der Waals surface area contributed by atoms with E-state index in [2.05, 4.69) is 10.3 Å². The van der Waals surface area contributed by atoms with Crippen molar-refractivity contribution in [2.24, 2.45) is 0 Å². The largest absolute Gasteiger partial charge is 0.284 e. The summed E-state index contributed by atoms with van der Waals surface area (Å²) in [6.45, 7) is 0. The van der Waals surface area contributed by atoms with Gasteiger partial charge in [0.05, 0.1) is 4.90 Å². The summed E-state index contributed by atoms with van der Waals surface area (Å²) in [6, 6.07) is 15.1. The topological polar surface area (TPSA) is 64.8 Å². The van der Waals surface area contributed by atoms with Crippen LogP contribution in [0.1, 0.15) is 0 Å². The molecule has 19 heavy (non-hydrogen) atoms. The zero-order valence-electron chi connectivity index (χ0n) is 9.58. The van der Waals surface area contributed by atoms with Crippen molar-refractivity contribution in [2.75, 3.05) is 0 Å². The van der Waals surface area contributed by atoms with E-state index in [-0.39, 0.29) is 26.0 Å². The SMILES string of the molecule is O=S(=O)(c1ccccc1)n1nnc2ccccc21.[Pt]. The fourth-order valence-electron chi connectivity index (χ4n) is 1.72. The predicted molar refractivity (Wildman–Crippen MR) is 66.6 cm³/mol. The van der Waals surface area contributed by atoms with Crippen molar-refractivity contribution in [1.82, 2.24) is 14.4 Å². The summed E-state index contributed by atoms with van der Waals surface area (Å²) in [7, 11) is -3.68. The van der Waals surface area contributed by atoms with Gasteiger partial charge in [-0.05, 0) is 24.3 Å². The molecular weight excluding hydrogens is 445 g/mol. The maximum Gasteiger partial charge on any atom is 0.284 e. The average Bonchev–Trinajstić information content (AvgIpc) is 2.84. The minimum Gasteiger partial charge on any atom is -0.199 e. The van der Waals surface area contributed by atoms with Gasteiger partial charge >= 0.3 is 0 Å². The summed E-state index contributed by atoms with van der Waals surface area (Å²) >= 11 is 0. The van der Waals surface area contributed by atoms with Crippen LogP contribution in [0.3, 0.4) is 0 Å². The third-order valence-corrected chi connectivity index (χ3v) is 4.18. The number of benzene rings is 2. The molecule has 2 aromatic carbocycles. The van der Waals surface area contributed by atoms with Crippen LogP contribution in [0, 0.1) is 0 Å². The van der Waals surface area contributed by atoms with Crippen molar-refractivity contribution in [2.45, 2.75) is 4.90 Å². The minimum atomic E-state index is -3.68. The number of nitrogens with zero attached hydrogens (tertiary/aromatic N) is 3. The van der Waals surface area contributed by atoms with Gasteiger partial charge in [-0.25, -0.2) is 0 Å². The Kier molecular flexibility index (Phi) is 3.82. The van der Waals surface area contributed by atoms with Crippen LogP contribution in [0.4, 0.5) is 0 Å². The summed E-state index contributed by atoms with van der Waals surface area (Å²) in [4.78, 5) is 0.195. The van der Waals surface area contributed by atoms with Crippen molar-refractivity contribution in [3.8, 4) is 0 Å². The molecule has 0 atom stereocenters. The number of aromatic nitrogens is 3.